The average Bonchev–Trinajstić information content (AvgIpc) is 3.39. The van der Waals surface area contributed by atoms with Crippen molar-refractivity contribution in [2.45, 2.75) is 32.4 Å². The van der Waals surface area contributed by atoms with E-state index in [0.29, 0.717) is 19.0 Å². The second-order valence-electron chi connectivity index (χ2n) is 6.29. The van der Waals surface area contributed by atoms with Crippen LogP contribution in [-0.4, -0.2) is 33.4 Å². The summed E-state index contributed by atoms with van der Waals surface area (Å²) in [5.74, 6) is 1.23. The van der Waals surface area contributed by atoms with Crippen LogP contribution in [-0.2, 0) is 16.1 Å². The van der Waals surface area contributed by atoms with Gasteiger partial charge in [-0.05, 0) is 50.1 Å². The predicted octanol–water partition coefficient (Wildman–Crippen LogP) is 3.01. The van der Waals surface area contributed by atoms with Crippen molar-refractivity contribution in [3.63, 3.8) is 0 Å². The van der Waals surface area contributed by atoms with E-state index in [4.69, 9.17) is 9.15 Å². The Morgan fingerprint density at radius 2 is 2.19 bits per heavy atom. The van der Waals surface area contributed by atoms with Crippen molar-refractivity contribution < 1.29 is 13.9 Å². The molecule has 7 nitrogen and oxygen atoms in total. The summed E-state index contributed by atoms with van der Waals surface area (Å²) in [7, 11) is 0. The van der Waals surface area contributed by atoms with Gasteiger partial charge in [0.2, 0.25) is 5.89 Å². The molecule has 1 aliphatic heterocycles. The first kappa shape index (κ1) is 16.5. The van der Waals surface area contributed by atoms with Crippen LogP contribution in [0.4, 0.5) is 5.69 Å². The van der Waals surface area contributed by atoms with E-state index >= 15 is 0 Å². The van der Waals surface area contributed by atoms with Gasteiger partial charge < -0.3 is 14.5 Å². The van der Waals surface area contributed by atoms with E-state index in [-0.39, 0.29) is 12.0 Å². The SMILES string of the molecule is Cc1oc(-c2ccc(NC(=O)[C@H]3CCCO3)cc2)nc1Cn1cccn1. The summed E-state index contributed by atoms with van der Waals surface area (Å²) in [5, 5.41) is 7.07. The number of hydrogen-bond acceptors (Lipinski definition) is 5. The summed E-state index contributed by atoms with van der Waals surface area (Å²) in [6.45, 7) is 3.12. The summed E-state index contributed by atoms with van der Waals surface area (Å²) in [4.78, 5) is 16.7. The van der Waals surface area contributed by atoms with Crippen LogP contribution < -0.4 is 5.32 Å². The van der Waals surface area contributed by atoms with E-state index in [1.165, 1.54) is 0 Å². The molecule has 26 heavy (non-hydrogen) atoms. The molecule has 0 saturated carbocycles. The number of aromatic nitrogens is 3. The third-order valence-corrected chi connectivity index (χ3v) is 4.39. The highest BCUT2D eigenvalue weighted by Gasteiger charge is 2.23. The number of benzene rings is 1. The first-order valence-corrected chi connectivity index (χ1v) is 8.66. The average molecular weight is 352 g/mol. The molecule has 1 atom stereocenters. The largest absolute Gasteiger partial charge is 0.441 e. The number of nitrogens with one attached hydrogen (secondary N) is 1. The zero-order valence-electron chi connectivity index (χ0n) is 14.5. The molecule has 0 aliphatic carbocycles. The lowest BCUT2D eigenvalue weighted by molar-refractivity contribution is -0.124. The third kappa shape index (κ3) is 3.52. The molecule has 2 aromatic heterocycles. The van der Waals surface area contributed by atoms with Crippen LogP contribution in [0.25, 0.3) is 11.5 Å². The lowest BCUT2D eigenvalue weighted by Crippen LogP contribution is -2.26. The summed E-state index contributed by atoms with van der Waals surface area (Å²) in [5.41, 5.74) is 2.43. The van der Waals surface area contributed by atoms with Crippen molar-refractivity contribution in [3.8, 4) is 11.5 Å². The van der Waals surface area contributed by atoms with Crippen molar-refractivity contribution in [3.05, 3.63) is 54.2 Å². The molecule has 1 aromatic carbocycles. The van der Waals surface area contributed by atoms with Gasteiger partial charge in [-0.1, -0.05) is 0 Å². The monoisotopic (exact) mass is 352 g/mol. The molecule has 1 N–H and O–H groups in total. The number of carbonyl (C=O) groups excluding carboxylic acids is 1. The molecular weight excluding hydrogens is 332 g/mol. The number of amides is 1. The zero-order valence-corrected chi connectivity index (χ0v) is 14.5. The number of nitrogens with zero attached hydrogens (tertiary/aromatic N) is 3. The third-order valence-electron chi connectivity index (χ3n) is 4.39. The van der Waals surface area contributed by atoms with Gasteiger partial charge in [0, 0.05) is 30.3 Å². The minimum absolute atomic E-state index is 0.0938. The highest BCUT2D eigenvalue weighted by atomic mass is 16.5. The van der Waals surface area contributed by atoms with Crippen molar-refractivity contribution in [2.75, 3.05) is 11.9 Å². The Balaban J connectivity index is 1.45. The molecule has 7 heteroatoms. The Morgan fingerprint density at radius 3 is 2.88 bits per heavy atom. The fraction of sp³-hybridized carbons (Fsp3) is 0.316. The molecule has 0 bridgehead atoms. The van der Waals surface area contributed by atoms with E-state index in [1.54, 1.807) is 10.9 Å². The molecule has 3 heterocycles. The van der Waals surface area contributed by atoms with Crippen molar-refractivity contribution in [1.82, 2.24) is 14.8 Å². The molecule has 1 saturated heterocycles. The summed E-state index contributed by atoms with van der Waals surface area (Å²) < 4.78 is 13.0. The molecule has 0 radical (unpaired) electrons. The van der Waals surface area contributed by atoms with Gasteiger partial charge in [-0.2, -0.15) is 5.10 Å². The second-order valence-corrected chi connectivity index (χ2v) is 6.29. The lowest BCUT2D eigenvalue weighted by Gasteiger charge is -2.10. The maximum Gasteiger partial charge on any atom is 0.253 e. The Bertz CT molecular complexity index is 878. The van der Waals surface area contributed by atoms with Gasteiger partial charge in [0.15, 0.2) is 0 Å². The van der Waals surface area contributed by atoms with E-state index < -0.39 is 0 Å². The first-order valence-electron chi connectivity index (χ1n) is 8.66. The van der Waals surface area contributed by atoms with Gasteiger partial charge in [-0.3, -0.25) is 9.48 Å². The standard InChI is InChI=1S/C19H20N4O3/c1-13-16(12-23-10-3-9-20-23)22-19(26-13)14-5-7-15(8-6-14)21-18(24)17-4-2-11-25-17/h3,5-10,17H,2,4,11-12H2,1H3,(H,21,24)/t17-/m1/s1. The van der Waals surface area contributed by atoms with E-state index in [2.05, 4.69) is 15.4 Å². The summed E-state index contributed by atoms with van der Waals surface area (Å²) in [6, 6.07) is 9.33. The number of anilines is 1. The van der Waals surface area contributed by atoms with Gasteiger partial charge in [-0.25, -0.2) is 4.98 Å². The van der Waals surface area contributed by atoms with Crippen molar-refractivity contribution >= 4 is 11.6 Å². The van der Waals surface area contributed by atoms with Gasteiger partial charge >= 0.3 is 0 Å². The Labute approximate surface area is 151 Å². The molecular formula is C19H20N4O3. The van der Waals surface area contributed by atoms with E-state index in [1.807, 2.05) is 43.5 Å². The molecule has 1 fully saturated rings. The lowest BCUT2D eigenvalue weighted by atomic mass is 10.2. The summed E-state index contributed by atoms with van der Waals surface area (Å²) >= 11 is 0. The second kappa shape index (κ2) is 7.13. The smallest absolute Gasteiger partial charge is 0.253 e. The number of ether oxygens (including phenoxy) is 1. The highest BCUT2D eigenvalue weighted by molar-refractivity contribution is 5.94. The predicted molar refractivity (Wildman–Crippen MR) is 95.6 cm³/mol. The van der Waals surface area contributed by atoms with E-state index in [0.717, 1.165) is 35.5 Å². The Morgan fingerprint density at radius 1 is 1.35 bits per heavy atom. The maximum absolute atomic E-state index is 12.1. The van der Waals surface area contributed by atoms with Crippen LogP contribution in [0.1, 0.15) is 24.3 Å². The zero-order chi connectivity index (χ0) is 17.9. The minimum atomic E-state index is -0.339. The molecule has 0 unspecified atom stereocenters. The van der Waals surface area contributed by atoms with Gasteiger partial charge in [0.05, 0.1) is 6.54 Å². The number of aryl methyl sites for hydroxylation is 1. The number of oxazole rings is 1. The minimum Gasteiger partial charge on any atom is -0.441 e. The molecule has 134 valence electrons. The van der Waals surface area contributed by atoms with Crippen LogP contribution in [0.2, 0.25) is 0 Å². The molecule has 0 spiro atoms. The van der Waals surface area contributed by atoms with Crippen LogP contribution in [0, 0.1) is 6.92 Å². The fourth-order valence-corrected chi connectivity index (χ4v) is 2.95. The fourth-order valence-electron chi connectivity index (χ4n) is 2.95. The van der Waals surface area contributed by atoms with Gasteiger partial charge in [0.1, 0.15) is 17.6 Å². The number of hydrogen-bond donors (Lipinski definition) is 1. The van der Waals surface area contributed by atoms with Crippen molar-refractivity contribution in [1.29, 1.82) is 0 Å². The Kier molecular flexibility index (Phi) is 4.53. The van der Waals surface area contributed by atoms with Crippen LogP contribution in [0.5, 0.6) is 0 Å². The Hall–Kier alpha value is -2.93. The quantitative estimate of drug-likeness (QED) is 0.763. The molecule has 1 aliphatic rings. The first-order chi connectivity index (χ1) is 12.7. The van der Waals surface area contributed by atoms with Crippen LogP contribution in [0.3, 0.4) is 0 Å². The molecule has 1 amide bonds. The molecule has 4 rings (SSSR count). The van der Waals surface area contributed by atoms with E-state index in [9.17, 15) is 4.79 Å². The van der Waals surface area contributed by atoms with Crippen LogP contribution >= 0.6 is 0 Å². The topological polar surface area (TPSA) is 82.2 Å². The van der Waals surface area contributed by atoms with Crippen molar-refractivity contribution in [2.24, 2.45) is 0 Å². The molecule has 3 aromatic rings. The van der Waals surface area contributed by atoms with Gasteiger partial charge in [0.25, 0.3) is 5.91 Å². The maximum atomic E-state index is 12.1. The summed E-state index contributed by atoms with van der Waals surface area (Å²) in [6.07, 6.45) is 4.99. The van der Waals surface area contributed by atoms with Crippen LogP contribution in [0.15, 0.2) is 47.1 Å². The highest BCUT2D eigenvalue weighted by Crippen LogP contribution is 2.24. The van der Waals surface area contributed by atoms with Gasteiger partial charge in [-0.15, -0.1) is 0 Å². The normalized spacial score (nSPS) is 16.7. The number of rotatable bonds is 5. The number of carbonyl (C=O) groups is 1.